The highest BCUT2D eigenvalue weighted by Gasteiger charge is 2.16. The lowest BCUT2D eigenvalue weighted by molar-refractivity contribution is 0.185. The summed E-state index contributed by atoms with van der Waals surface area (Å²) in [6, 6.07) is 18.1. The van der Waals surface area contributed by atoms with Gasteiger partial charge >= 0.3 is 0 Å². The van der Waals surface area contributed by atoms with Crippen LogP contribution >= 0.6 is 0 Å². The Morgan fingerprint density at radius 1 is 1.06 bits per heavy atom. The van der Waals surface area contributed by atoms with Gasteiger partial charge in [0, 0.05) is 30.3 Å². The van der Waals surface area contributed by atoms with Gasteiger partial charge in [0.1, 0.15) is 12.2 Å². The van der Waals surface area contributed by atoms with Crippen LogP contribution in [-0.4, -0.2) is 36.7 Å². The minimum atomic E-state index is 0.542. The first-order valence-corrected chi connectivity index (χ1v) is 10.3. The average Bonchev–Trinajstić information content (AvgIpc) is 3.45. The Labute approximate surface area is 185 Å². The van der Waals surface area contributed by atoms with E-state index in [0.29, 0.717) is 13.2 Å². The molecular formula is C24H23N7O. The van der Waals surface area contributed by atoms with Crippen molar-refractivity contribution >= 4 is 11.3 Å². The highest BCUT2D eigenvalue weighted by atomic mass is 16.5. The van der Waals surface area contributed by atoms with Crippen LogP contribution in [0.15, 0.2) is 67.1 Å². The minimum Gasteiger partial charge on any atom is -0.380 e. The lowest BCUT2D eigenvalue weighted by atomic mass is 10.1. The Hall–Kier alpha value is -4.04. The average molecular weight is 425 g/mol. The number of hydrogen-bond acceptors (Lipinski definition) is 6. The van der Waals surface area contributed by atoms with Crippen LogP contribution < -0.4 is 5.32 Å². The number of nitrogens with zero attached hydrogens (tertiary/aromatic N) is 5. The molecule has 0 radical (unpaired) electrons. The number of hydrogen-bond donors (Lipinski definition) is 2. The molecule has 5 rings (SSSR count). The summed E-state index contributed by atoms with van der Waals surface area (Å²) in [5.74, 6) is 0.814. The zero-order valence-corrected chi connectivity index (χ0v) is 17.9. The molecule has 4 aromatic heterocycles. The van der Waals surface area contributed by atoms with Gasteiger partial charge in [-0.25, -0.2) is 14.5 Å². The number of ether oxygens (including phenoxy) is 1. The predicted molar refractivity (Wildman–Crippen MR) is 123 cm³/mol. The molecule has 0 unspecified atom stereocenters. The topological polar surface area (TPSA) is 93.0 Å². The molecule has 32 heavy (non-hydrogen) atoms. The summed E-state index contributed by atoms with van der Waals surface area (Å²) in [4.78, 5) is 17.3. The van der Waals surface area contributed by atoms with E-state index in [-0.39, 0.29) is 0 Å². The van der Waals surface area contributed by atoms with Crippen molar-refractivity contribution in [1.82, 2.24) is 29.5 Å². The van der Waals surface area contributed by atoms with Crippen molar-refractivity contribution in [2.24, 2.45) is 0 Å². The Kier molecular flexibility index (Phi) is 5.35. The number of H-pyrrole nitrogens is 1. The molecule has 0 aliphatic heterocycles. The molecule has 4 heterocycles. The first-order valence-electron chi connectivity index (χ1n) is 10.3. The van der Waals surface area contributed by atoms with Gasteiger partial charge in [-0.2, -0.15) is 5.10 Å². The molecule has 0 spiro atoms. The van der Waals surface area contributed by atoms with E-state index in [4.69, 9.17) is 14.7 Å². The molecule has 8 nitrogen and oxygen atoms in total. The molecule has 8 heteroatoms. The maximum absolute atomic E-state index is 5.23. The second-order valence-electron chi connectivity index (χ2n) is 7.54. The molecule has 0 bridgehead atoms. The standard InChI is InChI=1S/C24H23N7O/c1-16-5-3-8-20(28-16)24-23(18-9-10-22-26-15-27-31(22)13-18)29-21(30-24)12-25-19-7-4-6-17(11-19)14-32-2/h3-11,13,15,25H,12,14H2,1-2H3,(H,29,30). The van der Waals surface area contributed by atoms with E-state index in [2.05, 4.69) is 26.4 Å². The van der Waals surface area contributed by atoms with Gasteiger partial charge in [-0.05, 0) is 48.9 Å². The lowest BCUT2D eigenvalue weighted by Crippen LogP contribution is -2.02. The highest BCUT2D eigenvalue weighted by molar-refractivity contribution is 5.77. The summed E-state index contributed by atoms with van der Waals surface area (Å²) in [5.41, 5.74) is 7.34. The van der Waals surface area contributed by atoms with Gasteiger partial charge in [0.25, 0.3) is 0 Å². The normalized spacial score (nSPS) is 11.2. The molecule has 2 N–H and O–H groups in total. The van der Waals surface area contributed by atoms with Crippen LogP contribution in [0, 0.1) is 6.92 Å². The zero-order valence-electron chi connectivity index (χ0n) is 17.9. The second kappa shape index (κ2) is 8.60. The van der Waals surface area contributed by atoms with Crippen LogP contribution in [0.3, 0.4) is 0 Å². The van der Waals surface area contributed by atoms with Crippen molar-refractivity contribution in [3.8, 4) is 22.6 Å². The number of rotatable bonds is 7. The zero-order chi connectivity index (χ0) is 21.9. The van der Waals surface area contributed by atoms with Crippen molar-refractivity contribution in [1.29, 1.82) is 0 Å². The lowest BCUT2D eigenvalue weighted by Gasteiger charge is -2.06. The quantitative estimate of drug-likeness (QED) is 0.405. The number of aromatic amines is 1. The number of aryl methyl sites for hydroxylation is 1. The Bertz CT molecular complexity index is 1370. The number of benzene rings is 1. The van der Waals surface area contributed by atoms with Crippen molar-refractivity contribution in [2.45, 2.75) is 20.1 Å². The first kappa shape index (κ1) is 19.9. The Balaban J connectivity index is 1.50. The van der Waals surface area contributed by atoms with Gasteiger partial charge < -0.3 is 15.0 Å². The number of anilines is 1. The SMILES string of the molecule is COCc1cccc(NCc2nc(-c3ccc4ncnn4c3)c(-c3cccc(C)n3)[nH]2)c1. The maximum Gasteiger partial charge on any atom is 0.155 e. The highest BCUT2D eigenvalue weighted by Crippen LogP contribution is 2.29. The number of nitrogens with one attached hydrogen (secondary N) is 2. The number of fused-ring (bicyclic) bond motifs is 1. The summed E-state index contributed by atoms with van der Waals surface area (Å²) in [6.07, 6.45) is 3.48. The molecule has 160 valence electrons. The summed E-state index contributed by atoms with van der Waals surface area (Å²) >= 11 is 0. The number of aromatic nitrogens is 6. The van der Waals surface area contributed by atoms with E-state index in [0.717, 1.165) is 51.1 Å². The Morgan fingerprint density at radius 2 is 1.97 bits per heavy atom. The third-order valence-corrected chi connectivity index (χ3v) is 5.14. The molecule has 0 aliphatic carbocycles. The van der Waals surface area contributed by atoms with Gasteiger partial charge in [0.2, 0.25) is 0 Å². The van der Waals surface area contributed by atoms with Crippen LogP contribution in [0.1, 0.15) is 17.1 Å². The van der Waals surface area contributed by atoms with Crippen molar-refractivity contribution in [2.75, 3.05) is 12.4 Å². The van der Waals surface area contributed by atoms with Gasteiger partial charge in [0.05, 0.1) is 30.2 Å². The van der Waals surface area contributed by atoms with Crippen LogP contribution in [0.5, 0.6) is 0 Å². The Morgan fingerprint density at radius 3 is 2.84 bits per heavy atom. The number of imidazole rings is 1. The fraction of sp³-hybridized carbons (Fsp3) is 0.167. The van der Waals surface area contributed by atoms with Crippen LogP contribution in [0.2, 0.25) is 0 Å². The number of pyridine rings is 2. The van der Waals surface area contributed by atoms with Crippen LogP contribution in [0.4, 0.5) is 5.69 Å². The van der Waals surface area contributed by atoms with E-state index in [9.17, 15) is 0 Å². The van der Waals surface area contributed by atoms with E-state index in [1.807, 2.05) is 61.7 Å². The molecule has 0 fully saturated rings. The largest absolute Gasteiger partial charge is 0.380 e. The van der Waals surface area contributed by atoms with Crippen molar-refractivity contribution in [3.05, 3.63) is 84.2 Å². The minimum absolute atomic E-state index is 0.542. The van der Waals surface area contributed by atoms with Gasteiger partial charge in [-0.3, -0.25) is 4.98 Å². The second-order valence-corrected chi connectivity index (χ2v) is 7.54. The van der Waals surface area contributed by atoms with Gasteiger partial charge in [0.15, 0.2) is 5.65 Å². The maximum atomic E-state index is 5.23. The predicted octanol–water partition coefficient (Wildman–Crippen LogP) is 4.25. The van der Waals surface area contributed by atoms with E-state index in [1.165, 1.54) is 0 Å². The number of methoxy groups -OCH3 is 1. The monoisotopic (exact) mass is 425 g/mol. The summed E-state index contributed by atoms with van der Waals surface area (Å²) in [7, 11) is 1.70. The third kappa shape index (κ3) is 4.08. The van der Waals surface area contributed by atoms with Gasteiger partial charge in [-0.1, -0.05) is 18.2 Å². The van der Waals surface area contributed by atoms with E-state index in [1.54, 1.807) is 18.0 Å². The molecule has 0 saturated heterocycles. The van der Waals surface area contributed by atoms with Gasteiger partial charge in [-0.15, -0.1) is 0 Å². The smallest absolute Gasteiger partial charge is 0.155 e. The molecule has 0 saturated carbocycles. The van der Waals surface area contributed by atoms with Crippen molar-refractivity contribution in [3.63, 3.8) is 0 Å². The van der Waals surface area contributed by atoms with E-state index < -0.39 is 0 Å². The summed E-state index contributed by atoms with van der Waals surface area (Å²) < 4.78 is 6.98. The summed E-state index contributed by atoms with van der Waals surface area (Å²) in [5, 5.41) is 7.70. The van der Waals surface area contributed by atoms with Crippen LogP contribution in [0.25, 0.3) is 28.3 Å². The van der Waals surface area contributed by atoms with Crippen molar-refractivity contribution < 1.29 is 4.74 Å². The first-order chi connectivity index (χ1) is 15.7. The molecular weight excluding hydrogens is 402 g/mol. The fourth-order valence-corrected chi connectivity index (χ4v) is 3.66. The summed E-state index contributed by atoms with van der Waals surface area (Å²) in [6.45, 7) is 3.10. The fourth-order valence-electron chi connectivity index (χ4n) is 3.66. The van der Waals surface area contributed by atoms with E-state index >= 15 is 0 Å². The molecule has 0 atom stereocenters. The molecule has 0 aliphatic rings. The molecule has 5 aromatic rings. The van der Waals surface area contributed by atoms with Crippen LogP contribution in [-0.2, 0) is 17.9 Å². The third-order valence-electron chi connectivity index (χ3n) is 5.14. The molecule has 0 amide bonds. The molecule has 1 aromatic carbocycles.